The van der Waals surface area contributed by atoms with Crippen LogP contribution in [0, 0.1) is 6.92 Å². The van der Waals surface area contributed by atoms with E-state index in [-0.39, 0.29) is 6.42 Å². The second kappa shape index (κ2) is 4.58. The molecule has 1 heterocycles. The summed E-state index contributed by atoms with van der Waals surface area (Å²) < 4.78 is 1.67. The summed E-state index contributed by atoms with van der Waals surface area (Å²) in [7, 11) is 0. The molecule has 0 aliphatic carbocycles. The number of carbonyl (C=O) groups is 1. The molecule has 0 bridgehead atoms. The largest absolute Gasteiger partial charge is 0.356 e. The first-order valence-corrected chi connectivity index (χ1v) is 3.86. The number of rotatable bonds is 4. The quantitative estimate of drug-likeness (QED) is 0.487. The number of nitrogens with zero attached hydrogens (tertiary/aromatic N) is 2. The van der Waals surface area contributed by atoms with Gasteiger partial charge in [-0.2, -0.15) is 5.10 Å². The van der Waals surface area contributed by atoms with Gasteiger partial charge in [-0.25, -0.2) is 5.84 Å². The van der Waals surface area contributed by atoms with Crippen LogP contribution in [0.2, 0.25) is 0 Å². The molecule has 1 aromatic heterocycles. The Bertz CT molecular complexity index is 284. The van der Waals surface area contributed by atoms with Crippen LogP contribution in [0.4, 0.5) is 0 Å². The molecule has 0 saturated carbocycles. The van der Waals surface area contributed by atoms with Crippen molar-refractivity contribution in [2.24, 2.45) is 5.84 Å². The first-order chi connectivity index (χ1) is 6.22. The van der Waals surface area contributed by atoms with Crippen molar-refractivity contribution in [3.05, 3.63) is 18.0 Å². The number of aromatic nitrogens is 2. The highest BCUT2D eigenvalue weighted by Crippen LogP contribution is 1.96. The van der Waals surface area contributed by atoms with E-state index in [4.69, 9.17) is 5.84 Å². The van der Waals surface area contributed by atoms with E-state index in [1.807, 2.05) is 18.7 Å². The average Bonchev–Trinajstić information content (AvgIpc) is 2.49. The molecule has 0 aliphatic rings. The van der Waals surface area contributed by atoms with E-state index >= 15 is 0 Å². The molecule has 6 heteroatoms. The van der Waals surface area contributed by atoms with E-state index in [0.717, 1.165) is 5.56 Å². The lowest BCUT2D eigenvalue weighted by atomic mass is 10.4. The van der Waals surface area contributed by atoms with Gasteiger partial charge in [0, 0.05) is 6.20 Å². The van der Waals surface area contributed by atoms with Crippen LogP contribution >= 0.6 is 0 Å². The Labute approximate surface area is 75.6 Å². The lowest BCUT2D eigenvalue weighted by molar-refractivity contribution is -0.151. The molecule has 1 rings (SSSR count). The highest BCUT2D eigenvalue weighted by atomic mass is 16.7. The van der Waals surface area contributed by atoms with Gasteiger partial charge in [0.2, 0.25) is 0 Å². The normalized spacial score (nSPS) is 10.0. The van der Waals surface area contributed by atoms with E-state index in [1.165, 1.54) is 0 Å². The maximum absolute atomic E-state index is 10.8. The van der Waals surface area contributed by atoms with Crippen LogP contribution in [0.1, 0.15) is 12.0 Å². The third kappa shape index (κ3) is 3.22. The standard InChI is InChI=1S/C7H12N4O2/c1-6-4-9-11(5-6)3-2-7(12)13-10-8/h4-5,10H,2-3,8H2,1H3. The summed E-state index contributed by atoms with van der Waals surface area (Å²) in [5.74, 6) is 4.38. The van der Waals surface area contributed by atoms with E-state index < -0.39 is 5.97 Å². The van der Waals surface area contributed by atoms with Crippen molar-refractivity contribution in [2.75, 3.05) is 0 Å². The first kappa shape index (κ1) is 9.69. The Kier molecular flexibility index (Phi) is 3.41. The number of carbonyl (C=O) groups excluding carboxylic acids is 1. The third-order valence-corrected chi connectivity index (χ3v) is 1.48. The molecule has 0 fully saturated rings. The summed E-state index contributed by atoms with van der Waals surface area (Å²) in [5.41, 5.74) is 2.89. The molecule has 0 spiro atoms. The summed E-state index contributed by atoms with van der Waals surface area (Å²) in [4.78, 5) is 15.1. The molecule has 72 valence electrons. The number of hydrogen-bond acceptors (Lipinski definition) is 5. The van der Waals surface area contributed by atoms with Gasteiger partial charge in [0.25, 0.3) is 0 Å². The van der Waals surface area contributed by atoms with Crippen LogP contribution in [0.15, 0.2) is 12.4 Å². The van der Waals surface area contributed by atoms with Crippen molar-refractivity contribution in [3.63, 3.8) is 0 Å². The number of hydrogen-bond donors (Lipinski definition) is 2. The third-order valence-electron chi connectivity index (χ3n) is 1.48. The minimum Gasteiger partial charge on any atom is -0.356 e. The first-order valence-electron chi connectivity index (χ1n) is 3.86. The summed E-state index contributed by atoms with van der Waals surface area (Å²) in [6.45, 7) is 2.43. The van der Waals surface area contributed by atoms with E-state index in [0.29, 0.717) is 6.54 Å². The zero-order valence-electron chi connectivity index (χ0n) is 7.36. The Hall–Kier alpha value is -1.40. The van der Waals surface area contributed by atoms with Crippen molar-refractivity contribution >= 4 is 5.97 Å². The van der Waals surface area contributed by atoms with Crippen molar-refractivity contribution in [2.45, 2.75) is 19.9 Å². The average molecular weight is 184 g/mol. The maximum Gasteiger partial charge on any atom is 0.328 e. The molecule has 1 aromatic rings. The molecule has 0 atom stereocenters. The predicted octanol–water partition coefficient (Wildman–Crippen LogP) is -0.497. The molecular weight excluding hydrogens is 172 g/mol. The van der Waals surface area contributed by atoms with Crippen LogP contribution in [0.25, 0.3) is 0 Å². The Morgan fingerprint density at radius 2 is 2.62 bits per heavy atom. The Morgan fingerprint density at radius 1 is 1.85 bits per heavy atom. The predicted molar refractivity (Wildman–Crippen MR) is 45.0 cm³/mol. The zero-order chi connectivity index (χ0) is 9.68. The van der Waals surface area contributed by atoms with Crippen molar-refractivity contribution < 1.29 is 9.63 Å². The van der Waals surface area contributed by atoms with Gasteiger partial charge in [-0.3, -0.25) is 9.48 Å². The number of nitrogens with two attached hydrogens (primary N) is 1. The molecule has 13 heavy (non-hydrogen) atoms. The molecular formula is C7H12N4O2. The second-order valence-corrected chi connectivity index (χ2v) is 2.62. The van der Waals surface area contributed by atoms with Gasteiger partial charge in [0.15, 0.2) is 0 Å². The number of aryl methyl sites for hydroxylation is 2. The SMILES string of the molecule is Cc1cnn(CCC(=O)ONN)c1. The van der Waals surface area contributed by atoms with Crippen molar-refractivity contribution in [3.8, 4) is 0 Å². The van der Waals surface area contributed by atoms with Crippen LogP contribution in [0.5, 0.6) is 0 Å². The Morgan fingerprint density at radius 3 is 3.15 bits per heavy atom. The fraction of sp³-hybridized carbons (Fsp3) is 0.429. The van der Waals surface area contributed by atoms with Crippen LogP contribution in [-0.2, 0) is 16.2 Å². The van der Waals surface area contributed by atoms with Gasteiger partial charge >= 0.3 is 5.97 Å². The van der Waals surface area contributed by atoms with Gasteiger partial charge in [0.05, 0.1) is 19.2 Å². The lowest BCUT2D eigenvalue weighted by Crippen LogP contribution is -2.26. The summed E-state index contributed by atoms with van der Waals surface area (Å²) in [6.07, 6.45) is 3.82. The summed E-state index contributed by atoms with van der Waals surface area (Å²) >= 11 is 0. The van der Waals surface area contributed by atoms with Crippen molar-refractivity contribution in [1.82, 2.24) is 15.4 Å². The minimum absolute atomic E-state index is 0.241. The number of hydrazine groups is 1. The molecule has 6 nitrogen and oxygen atoms in total. The highest BCUT2D eigenvalue weighted by molar-refractivity contribution is 5.68. The highest BCUT2D eigenvalue weighted by Gasteiger charge is 2.02. The van der Waals surface area contributed by atoms with Gasteiger partial charge in [-0.15, -0.1) is 0 Å². The van der Waals surface area contributed by atoms with E-state index in [9.17, 15) is 4.79 Å². The molecule has 0 radical (unpaired) electrons. The van der Waals surface area contributed by atoms with E-state index in [1.54, 1.807) is 10.9 Å². The zero-order valence-corrected chi connectivity index (χ0v) is 7.36. The molecule has 0 aliphatic heterocycles. The Balaban J connectivity index is 2.30. The minimum atomic E-state index is -0.407. The van der Waals surface area contributed by atoms with Crippen LogP contribution in [-0.4, -0.2) is 15.7 Å². The fourth-order valence-corrected chi connectivity index (χ4v) is 0.912. The maximum atomic E-state index is 10.8. The van der Waals surface area contributed by atoms with Crippen molar-refractivity contribution in [1.29, 1.82) is 0 Å². The van der Waals surface area contributed by atoms with Gasteiger partial charge in [0.1, 0.15) is 0 Å². The summed E-state index contributed by atoms with van der Waals surface area (Å²) in [6, 6.07) is 0. The van der Waals surface area contributed by atoms with Gasteiger partial charge < -0.3 is 4.84 Å². The molecule has 0 aromatic carbocycles. The van der Waals surface area contributed by atoms with Gasteiger partial charge in [-0.1, -0.05) is 5.59 Å². The molecule has 0 saturated heterocycles. The monoisotopic (exact) mass is 184 g/mol. The molecule has 0 unspecified atom stereocenters. The van der Waals surface area contributed by atoms with Crippen LogP contribution < -0.4 is 11.4 Å². The second-order valence-electron chi connectivity index (χ2n) is 2.62. The molecule has 0 amide bonds. The van der Waals surface area contributed by atoms with Crippen LogP contribution in [0.3, 0.4) is 0 Å². The molecule has 3 N–H and O–H groups in total. The lowest BCUT2D eigenvalue weighted by Gasteiger charge is -2.00. The topological polar surface area (TPSA) is 82.2 Å². The number of nitrogens with one attached hydrogen (secondary N) is 1. The fourth-order valence-electron chi connectivity index (χ4n) is 0.912. The summed E-state index contributed by atoms with van der Waals surface area (Å²) in [5, 5.41) is 4.01. The van der Waals surface area contributed by atoms with E-state index in [2.05, 4.69) is 9.94 Å². The smallest absolute Gasteiger partial charge is 0.328 e. The van der Waals surface area contributed by atoms with Gasteiger partial charge in [-0.05, 0) is 12.5 Å².